The Balaban J connectivity index is 1.92. The lowest BCUT2D eigenvalue weighted by Gasteiger charge is -2.03. The molecule has 1 aromatic carbocycles. The normalized spacial score (nSPS) is 10.8. The molecular formula is C15H18N4O2S. The van der Waals surface area contributed by atoms with Gasteiger partial charge >= 0.3 is 0 Å². The van der Waals surface area contributed by atoms with Crippen LogP contribution in [0.1, 0.15) is 34.3 Å². The number of nitrogens with two attached hydrogens (primary N) is 1. The van der Waals surface area contributed by atoms with E-state index in [1.807, 2.05) is 24.3 Å². The van der Waals surface area contributed by atoms with Crippen molar-refractivity contribution >= 4 is 28.6 Å². The predicted molar refractivity (Wildman–Crippen MR) is 88.6 cm³/mol. The average molecular weight is 318 g/mol. The molecule has 0 aliphatic rings. The van der Waals surface area contributed by atoms with Gasteiger partial charge in [-0.2, -0.15) is 5.10 Å². The van der Waals surface area contributed by atoms with Gasteiger partial charge in [-0.25, -0.2) is 10.4 Å². The van der Waals surface area contributed by atoms with Gasteiger partial charge in [0.15, 0.2) is 5.13 Å². The number of ether oxygens (including phenoxy) is 1. The van der Waals surface area contributed by atoms with Crippen LogP contribution in [0, 0.1) is 6.92 Å². The summed E-state index contributed by atoms with van der Waals surface area (Å²) in [5.74, 6) is 0.504. The van der Waals surface area contributed by atoms with Crippen molar-refractivity contribution in [3.05, 3.63) is 40.4 Å². The van der Waals surface area contributed by atoms with Gasteiger partial charge in [-0.3, -0.25) is 4.79 Å². The molecule has 2 aromatic rings. The second-order valence-electron chi connectivity index (χ2n) is 4.58. The zero-order chi connectivity index (χ0) is 15.9. The van der Waals surface area contributed by atoms with E-state index in [0.717, 1.165) is 29.1 Å². The first-order chi connectivity index (χ1) is 10.6. The number of hydrogen-bond acceptors (Lipinski definition) is 6. The molecule has 0 aliphatic heterocycles. The molecule has 0 radical (unpaired) electrons. The van der Waals surface area contributed by atoms with Gasteiger partial charge in [-0.1, -0.05) is 18.3 Å². The standard InChI is InChI=1S/C15H18N4O2S/c1-3-8-21-12-6-4-11(5-7-12)9-17-19-14(20)13-10(2)18-15(16)22-13/h4-7,9H,3,8H2,1-2H3,(H2,16,18)(H,19,20). The highest BCUT2D eigenvalue weighted by Crippen LogP contribution is 2.19. The molecule has 0 saturated heterocycles. The van der Waals surface area contributed by atoms with E-state index in [0.29, 0.717) is 22.3 Å². The highest BCUT2D eigenvalue weighted by molar-refractivity contribution is 7.17. The number of anilines is 1. The Labute approximate surface area is 133 Å². The molecule has 0 atom stereocenters. The molecule has 0 fully saturated rings. The third-order valence-corrected chi connectivity index (χ3v) is 3.74. The van der Waals surface area contributed by atoms with E-state index in [4.69, 9.17) is 10.5 Å². The number of rotatable bonds is 6. The summed E-state index contributed by atoms with van der Waals surface area (Å²) in [5, 5.41) is 4.30. The fourth-order valence-electron chi connectivity index (χ4n) is 1.71. The topological polar surface area (TPSA) is 89.6 Å². The molecule has 0 spiro atoms. The van der Waals surface area contributed by atoms with Crippen LogP contribution in [0.3, 0.4) is 0 Å². The molecule has 1 aromatic heterocycles. The van der Waals surface area contributed by atoms with Crippen LogP contribution >= 0.6 is 11.3 Å². The Morgan fingerprint density at radius 3 is 2.77 bits per heavy atom. The van der Waals surface area contributed by atoms with Gasteiger partial charge in [0.1, 0.15) is 10.6 Å². The van der Waals surface area contributed by atoms with Crippen LogP contribution in [-0.4, -0.2) is 23.7 Å². The summed E-state index contributed by atoms with van der Waals surface area (Å²) in [4.78, 5) is 16.4. The van der Waals surface area contributed by atoms with E-state index >= 15 is 0 Å². The van der Waals surface area contributed by atoms with Crippen molar-refractivity contribution in [1.29, 1.82) is 0 Å². The fourth-order valence-corrected chi connectivity index (χ4v) is 2.44. The van der Waals surface area contributed by atoms with Crippen molar-refractivity contribution in [2.24, 2.45) is 5.10 Å². The lowest BCUT2D eigenvalue weighted by molar-refractivity contribution is 0.0958. The first-order valence-corrected chi connectivity index (χ1v) is 7.71. The molecule has 22 heavy (non-hydrogen) atoms. The Kier molecular flexibility index (Phi) is 5.48. The quantitative estimate of drug-likeness (QED) is 0.633. The largest absolute Gasteiger partial charge is 0.494 e. The maximum atomic E-state index is 11.9. The average Bonchev–Trinajstić information content (AvgIpc) is 2.85. The van der Waals surface area contributed by atoms with Gasteiger partial charge in [-0.15, -0.1) is 0 Å². The lowest BCUT2D eigenvalue weighted by Crippen LogP contribution is -2.17. The Morgan fingerprint density at radius 2 is 2.18 bits per heavy atom. The number of nitrogens with zero attached hydrogens (tertiary/aromatic N) is 2. The van der Waals surface area contributed by atoms with Crippen LogP contribution in [-0.2, 0) is 0 Å². The summed E-state index contributed by atoms with van der Waals surface area (Å²) < 4.78 is 5.49. The van der Waals surface area contributed by atoms with Crippen molar-refractivity contribution in [2.45, 2.75) is 20.3 Å². The van der Waals surface area contributed by atoms with Crippen molar-refractivity contribution in [3.63, 3.8) is 0 Å². The van der Waals surface area contributed by atoms with E-state index in [-0.39, 0.29) is 5.91 Å². The molecule has 1 heterocycles. The van der Waals surface area contributed by atoms with Gasteiger partial charge in [-0.05, 0) is 43.2 Å². The van der Waals surface area contributed by atoms with E-state index in [1.54, 1.807) is 13.1 Å². The zero-order valence-corrected chi connectivity index (χ0v) is 13.3. The Bertz CT molecular complexity index is 665. The molecule has 0 bridgehead atoms. The zero-order valence-electron chi connectivity index (χ0n) is 12.5. The number of amides is 1. The van der Waals surface area contributed by atoms with Crippen LogP contribution in [0.4, 0.5) is 5.13 Å². The van der Waals surface area contributed by atoms with Crippen molar-refractivity contribution < 1.29 is 9.53 Å². The second-order valence-corrected chi connectivity index (χ2v) is 5.61. The predicted octanol–water partition coefficient (Wildman–Crippen LogP) is 2.59. The molecule has 3 N–H and O–H groups in total. The van der Waals surface area contributed by atoms with E-state index in [1.165, 1.54) is 0 Å². The molecule has 116 valence electrons. The molecule has 7 heteroatoms. The number of carbonyl (C=O) groups excluding carboxylic acids is 1. The van der Waals surface area contributed by atoms with Crippen molar-refractivity contribution in [3.8, 4) is 5.75 Å². The number of hydrogen-bond donors (Lipinski definition) is 2. The summed E-state index contributed by atoms with van der Waals surface area (Å²) in [6, 6.07) is 7.48. The summed E-state index contributed by atoms with van der Waals surface area (Å²) in [7, 11) is 0. The Morgan fingerprint density at radius 1 is 1.45 bits per heavy atom. The minimum absolute atomic E-state index is 0.314. The summed E-state index contributed by atoms with van der Waals surface area (Å²) >= 11 is 1.14. The first kappa shape index (κ1) is 16.0. The summed E-state index contributed by atoms with van der Waals surface area (Å²) in [6.07, 6.45) is 2.54. The van der Waals surface area contributed by atoms with Gasteiger partial charge < -0.3 is 10.5 Å². The maximum absolute atomic E-state index is 11.9. The number of aryl methyl sites for hydroxylation is 1. The minimum atomic E-state index is -0.314. The van der Waals surface area contributed by atoms with Crippen LogP contribution in [0.25, 0.3) is 0 Å². The number of nitrogens with one attached hydrogen (secondary N) is 1. The number of carbonyl (C=O) groups is 1. The highest BCUT2D eigenvalue weighted by atomic mass is 32.1. The lowest BCUT2D eigenvalue weighted by atomic mass is 10.2. The summed E-state index contributed by atoms with van der Waals surface area (Å²) in [5.41, 5.74) is 9.50. The third kappa shape index (κ3) is 4.29. The first-order valence-electron chi connectivity index (χ1n) is 6.89. The molecule has 0 saturated carbocycles. The summed E-state index contributed by atoms with van der Waals surface area (Å²) in [6.45, 7) is 4.49. The molecule has 0 aliphatic carbocycles. The fraction of sp³-hybridized carbons (Fsp3) is 0.267. The van der Waals surface area contributed by atoms with Gasteiger partial charge in [0, 0.05) is 0 Å². The smallest absolute Gasteiger partial charge is 0.283 e. The van der Waals surface area contributed by atoms with Crippen LogP contribution in [0.5, 0.6) is 5.75 Å². The molecule has 2 rings (SSSR count). The molecule has 1 amide bonds. The number of thiazole rings is 1. The van der Waals surface area contributed by atoms with Crippen molar-refractivity contribution in [2.75, 3.05) is 12.3 Å². The SMILES string of the molecule is CCCOc1ccc(C=NNC(=O)c2sc(N)nc2C)cc1. The number of hydrazone groups is 1. The molecule has 6 nitrogen and oxygen atoms in total. The van der Waals surface area contributed by atoms with Gasteiger partial charge in [0.2, 0.25) is 0 Å². The maximum Gasteiger partial charge on any atom is 0.283 e. The molecular weight excluding hydrogens is 300 g/mol. The number of aromatic nitrogens is 1. The van der Waals surface area contributed by atoms with Crippen molar-refractivity contribution in [1.82, 2.24) is 10.4 Å². The van der Waals surface area contributed by atoms with E-state index in [9.17, 15) is 4.79 Å². The van der Waals surface area contributed by atoms with Gasteiger partial charge in [0.05, 0.1) is 18.5 Å². The molecule has 0 unspecified atom stereocenters. The highest BCUT2D eigenvalue weighted by Gasteiger charge is 2.13. The monoisotopic (exact) mass is 318 g/mol. The second kappa shape index (κ2) is 7.56. The number of benzene rings is 1. The third-order valence-electron chi connectivity index (χ3n) is 2.75. The van der Waals surface area contributed by atoms with Crippen LogP contribution < -0.4 is 15.9 Å². The van der Waals surface area contributed by atoms with Crippen LogP contribution in [0.2, 0.25) is 0 Å². The van der Waals surface area contributed by atoms with Gasteiger partial charge in [0.25, 0.3) is 5.91 Å². The number of nitrogen functional groups attached to an aromatic ring is 1. The minimum Gasteiger partial charge on any atom is -0.494 e. The van der Waals surface area contributed by atoms with E-state index < -0.39 is 0 Å². The Hall–Kier alpha value is -2.41. The van der Waals surface area contributed by atoms with Crippen LogP contribution in [0.15, 0.2) is 29.4 Å². The van der Waals surface area contributed by atoms with E-state index in [2.05, 4.69) is 22.4 Å².